The number of nitrogens with one attached hydrogen (secondary N) is 1. The second-order valence-corrected chi connectivity index (χ2v) is 3.57. The van der Waals surface area contributed by atoms with Gasteiger partial charge in [0.05, 0.1) is 6.61 Å². The van der Waals surface area contributed by atoms with Crippen LogP contribution in [0.1, 0.15) is 26.0 Å². The number of rotatable bonds is 8. The van der Waals surface area contributed by atoms with Crippen LogP contribution in [-0.4, -0.2) is 24.3 Å². The fourth-order valence-electron chi connectivity index (χ4n) is 1.57. The number of aromatic nitrogens is 1. The molecule has 0 radical (unpaired) electrons. The molecule has 1 N–H and O–H groups in total. The summed E-state index contributed by atoms with van der Waals surface area (Å²) in [5, 5.41) is 3.38. The Morgan fingerprint density at radius 1 is 1.40 bits per heavy atom. The van der Waals surface area contributed by atoms with E-state index in [1.807, 2.05) is 6.92 Å². The highest BCUT2D eigenvalue weighted by molar-refractivity contribution is 5.06. The molecular weight excluding hydrogens is 188 g/mol. The van der Waals surface area contributed by atoms with Gasteiger partial charge in [-0.05, 0) is 25.5 Å². The molecule has 0 aliphatic carbocycles. The van der Waals surface area contributed by atoms with Crippen molar-refractivity contribution in [2.45, 2.75) is 33.4 Å². The smallest absolute Gasteiger partial charge is 0.0590 e. The Hall–Kier alpha value is -0.800. The first-order chi connectivity index (χ1) is 7.38. The van der Waals surface area contributed by atoms with Gasteiger partial charge >= 0.3 is 0 Å². The Kier molecular flexibility index (Phi) is 6.12. The summed E-state index contributed by atoms with van der Waals surface area (Å²) >= 11 is 0. The van der Waals surface area contributed by atoms with Gasteiger partial charge in [-0.15, -0.1) is 0 Å². The molecule has 0 amide bonds. The van der Waals surface area contributed by atoms with Crippen molar-refractivity contribution < 1.29 is 4.74 Å². The molecule has 0 aliphatic rings. The average Bonchev–Trinajstić information content (AvgIpc) is 2.66. The van der Waals surface area contributed by atoms with E-state index in [1.54, 1.807) is 0 Å². The van der Waals surface area contributed by atoms with Crippen molar-refractivity contribution in [2.24, 2.45) is 0 Å². The fourth-order valence-corrected chi connectivity index (χ4v) is 1.57. The lowest BCUT2D eigenvalue weighted by Crippen LogP contribution is -2.20. The van der Waals surface area contributed by atoms with Crippen LogP contribution in [0.2, 0.25) is 0 Å². The van der Waals surface area contributed by atoms with Crippen molar-refractivity contribution in [1.82, 2.24) is 9.88 Å². The molecule has 0 unspecified atom stereocenters. The van der Waals surface area contributed by atoms with Crippen LogP contribution >= 0.6 is 0 Å². The highest BCUT2D eigenvalue weighted by Gasteiger charge is 1.98. The molecule has 0 bridgehead atoms. The number of aryl methyl sites for hydroxylation is 1. The molecule has 1 aromatic heterocycles. The van der Waals surface area contributed by atoms with Crippen molar-refractivity contribution in [2.75, 3.05) is 19.8 Å². The zero-order valence-corrected chi connectivity index (χ0v) is 9.83. The Bertz CT molecular complexity index is 258. The van der Waals surface area contributed by atoms with E-state index in [-0.39, 0.29) is 0 Å². The van der Waals surface area contributed by atoms with Gasteiger partial charge in [0, 0.05) is 38.1 Å². The van der Waals surface area contributed by atoms with E-state index >= 15 is 0 Å². The molecule has 15 heavy (non-hydrogen) atoms. The van der Waals surface area contributed by atoms with E-state index in [0.29, 0.717) is 0 Å². The van der Waals surface area contributed by atoms with Crippen LogP contribution in [0.3, 0.4) is 0 Å². The van der Waals surface area contributed by atoms with Gasteiger partial charge in [-0.25, -0.2) is 0 Å². The van der Waals surface area contributed by atoms with Crippen LogP contribution in [0, 0.1) is 0 Å². The lowest BCUT2D eigenvalue weighted by Gasteiger charge is -2.09. The van der Waals surface area contributed by atoms with Gasteiger partial charge in [0.2, 0.25) is 0 Å². The molecule has 0 aromatic carbocycles. The molecule has 1 heterocycles. The van der Waals surface area contributed by atoms with Crippen molar-refractivity contribution in [1.29, 1.82) is 0 Å². The fraction of sp³-hybridized carbons (Fsp3) is 0.667. The van der Waals surface area contributed by atoms with Gasteiger partial charge in [0.15, 0.2) is 0 Å². The first-order valence-electron chi connectivity index (χ1n) is 5.81. The first kappa shape index (κ1) is 12.3. The van der Waals surface area contributed by atoms with E-state index in [4.69, 9.17) is 4.74 Å². The molecule has 1 aromatic rings. The van der Waals surface area contributed by atoms with Gasteiger partial charge in [-0.3, -0.25) is 0 Å². The molecule has 86 valence electrons. The number of hydrogen-bond acceptors (Lipinski definition) is 2. The summed E-state index contributed by atoms with van der Waals surface area (Å²) in [5.74, 6) is 0. The SMILES string of the molecule is CCCn1cccc1CNCCOCC. The van der Waals surface area contributed by atoms with Gasteiger partial charge in [0.25, 0.3) is 0 Å². The first-order valence-corrected chi connectivity index (χ1v) is 5.81. The zero-order valence-electron chi connectivity index (χ0n) is 9.83. The molecule has 0 saturated heterocycles. The minimum Gasteiger partial charge on any atom is -0.380 e. The topological polar surface area (TPSA) is 26.2 Å². The summed E-state index contributed by atoms with van der Waals surface area (Å²) in [6.07, 6.45) is 3.32. The second kappa shape index (κ2) is 7.49. The van der Waals surface area contributed by atoms with Crippen LogP contribution in [-0.2, 0) is 17.8 Å². The third kappa shape index (κ3) is 4.49. The van der Waals surface area contributed by atoms with Crippen LogP contribution in [0.5, 0.6) is 0 Å². The molecule has 0 spiro atoms. The average molecular weight is 210 g/mol. The molecule has 0 fully saturated rings. The van der Waals surface area contributed by atoms with E-state index in [1.165, 1.54) is 12.1 Å². The lowest BCUT2D eigenvalue weighted by molar-refractivity contribution is 0.149. The third-order valence-electron chi connectivity index (χ3n) is 2.32. The summed E-state index contributed by atoms with van der Waals surface area (Å²) in [4.78, 5) is 0. The Labute approximate surface area is 92.4 Å². The molecule has 0 saturated carbocycles. The Morgan fingerprint density at radius 2 is 2.27 bits per heavy atom. The molecule has 0 aliphatic heterocycles. The third-order valence-corrected chi connectivity index (χ3v) is 2.32. The summed E-state index contributed by atoms with van der Waals surface area (Å²) in [7, 11) is 0. The summed E-state index contributed by atoms with van der Waals surface area (Å²) in [5.41, 5.74) is 1.35. The monoisotopic (exact) mass is 210 g/mol. The van der Waals surface area contributed by atoms with Crippen LogP contribution in [0.15, 0.2) is 18.3 Å². The standard InChI is InChI=1S/C12H22N2O/c1-3-8-14-9-5-6-12(14)11-13-7-10-15-4-2/h5-6,9,13H,3-4,7-8,10-11H2,1-2H3. The predicted octanol–water partition coefficient (Wildman–Crippen LogP) is 2.02. The molecule has 3 nitrogen and oxygen atoms in total. The van der Waals surface area contributed by atoms with Gasteiger partial charge < -0.3 is 14.6 Å². The highest BCUT2D eigenvalue weighted by Crippen LogP contribution is 2.02. The minimum atomic E-state index is 0.797. The normalized spacial score (nSPS) is 10.8. The van der Waals surface area contributed by atoms with Crippen LogP contribution in [0.4, 0.5) is 0 Å². The molecular formula is C12H22N2O. The maximum absolute atomic E-state index is 5.26. The summed E-state index contributed by atoms with van der Waals surface area (Å²) in [6, 6.07) is 4.28. The van der Waals surface area contributed by atoms with Crippen LogP contribution < -0.4 is 5.32 Å². The molecule has 0 atom stereocenters. The summed E-state index contributed by atoms with van der Waals surface area (Å²) in [6.45, 7) is 8.78. The maximum Gasteiger partial charge on any atom is 0.0590 e. The number of hydrogen-bond donors (Lipinski definition) is 1. The maximum atomic E-state index is 5.26. The van der Waals surface area contributed by atoms with E-state index < -0.39 is 0 Å². The summed E-state index contributed by atoms with van der Waals surface area (Å²) < 4.78 is 7.56. The molecule has 1 rings (SSSR count). The van der Waals surface area contributed by atoms with Gasteiger partial charge in [0.1, 0.15) is 0 Å². The largest absolute Gasteiger partial charge is 0.380 e. The number of nitrogens with zero attached hydrogens (tertiary/aromatic N) is 1. The molecule has 3 heteroatoms. The van der Waals surface area contributed by atoms with E-state index in [9.17, 15) is 0 Å². The predicted molar refractivity (Wildman–Crippen MR) is 62.9 cm³/mol. The zero-order chi connectivity index (χ0) is 10.9. The van der Waals surface area contributed by atoms with Crippen molar-refractivity contribution in [3.05, 3.63) is 24.0 Å². The second-order valence-electron chi connectivity index (χ2n) is 3.57. The van der Waals surface area contributed by atoms with Gasteiger partial charge in [-0.2, -0.15) is 0 Å². The highest BCUT2D eigenvalue weighted by atomic mass is 16.5. The quantitative estimate of drug-likeness (QED) is 0.664. The van der Waals surface area contributed by atoms with E-state index in [0.717, 1.165) is 32.8 Å². The van der Waals surface area contributed by atoms with Crippen molar-refractivity contribution >= 4 is 0 Å². The Balaban J connectivity index is 2.21. The van der Waals surface area contributed by atoms with Crippen LogP contribution in [0.25, 0.3) is 0 Å². The van der Waals surface area contributed by atoms with E-state index in [2.05, 4.69) is 35.1 Å². The number of ether oxygens (including phenoxy) is 1. The van der Waals surface area contributed by atoms with Crippen molar-refractivity contribution in [3.63, 3.8) is 0 Å². The Morgan fingerprint density at radius 3 is 3.00 bits per heavy atom. The van der Waals surface area contributed by atoms with Gasteiger partial charge in [-0.1, -0.05) is 6.92 Å². The minimum absolute atomic E-state index is 0.797. The lowest BCUT2D eigenvalue weighted by atomic mass is 10.4. The van der Waals surface area contributed by atoms with Crippen molar-refractivity contribution in [3.8, 4) is 0 Å².